The Morgan fingerprint density at radius 1 is 0.647 bits per heavy atom. The van der Waals surface area contributed by atoms with E-state index in [9.17, 15) is 0 Å². The summed E-state index contributed by atoms with van der Waals surface area (Å²) < 4.78 is 0. The van der Waals surface area contributed by atoms with Crippen LogP contribution < -0.4 is 0 Å². The molecule has 0 nitrogen and oxygen atoms in total. The van der Waals surface area contributed by atoms with Gasteiger partial charge in [0, 0.05) is 0 Å². The Kier molecular flexibility index (Phi) is 2.36. The number of hydrogen-bond donors (Lipinski definition) is 0. The monoisotopic (exact) mass is 248 g/mol. The predicted octanol–water partition coefficient (Wildman–Crippen LogP) is 5.08. The lowest BCUT2D eigenvalue weighted by atomic mass is 9.99. The fraction of sp³-hybridized carbons (Fsp3) is 1.00. The molecule has 0 spiro atoms. The zero-order chi connectivity index (χ0) is 11.6. The third-order valence-electron chi connectivity index (χ3n) is 7.39. The number of fused-ring (bicyclic) bond motifs is 4. The first-order valence-electron chi connectivity index (χ1n) is 8.14. The van der Waals surface area contributed by atoms with E-state index in [4.69, 9.17) is 0 Å². The molecule has 17 heavy (non-hydrogen) atoms. The van der Waals surface area contributed by atoms with E-state index in [1.54, 1.807) is 51.4 Å². The predicted molar refractivity (Wildman–Crippen MR) is 75.9 cm³/mol. The van der Waals surface area contributed by atoms with Crippen molar-refractivity contribution in [1.82, 2.24) is 0 Å². The van der Waals surface area contributed by atoms with Crippen molar-refractivity contribution in [3.05, 3.63) is 0 Å². The number of hydrogen-bond acceptors (Lipinski definition) is 0. The average molecular weight is 248 g/mol. The van der Waals surface area contributed by atoms with Gasteiger partial charge in [0.05, 0.1) is 8.07 Å². The van der Waals surface area contributed by atoms with E-state index >= 15 is 0 Å². The molecule has 0 amide bonds. The number of rotatable bonds is 2. The maximum absolute atomic E-state index is 2.78. The molecule has 1 heteroatoms. The van der Waals surface area contributed by atoms with Gasteiger partial charge in [-0.25, -0.2) is 0 Å². The van der Waals surface area contributed by atoms with Crippen LogP contribution in [0.15, 0.2) is 0 Å². The van der Waals surface area contributed by atoms with Gasteiger partial charge >= 0.3 is 0 Å². The highest BCUT2D eigenvalue weighted by atomic mass is 28.3. The van der Waals surface area contributed by atoms with Gasteiger partial charge in [0.1, 0.15) is 0 Å². The molecular formula is C16H28Si. The Balaban J connectivity index is 1.55. The van der Waals surface area contributed by atoms with Gasteiger partial charge < -0.3 is 0 Å². The Bertz CT molecular complexity index is 291. The molecule has 4 saturated carbocycles. The molecule has 0 aliphatic heterocycles. The summed E-state index contributed by atoms with van der Waals surface area (Å²) in [6.07, 6.45) is 12.9. The van der Waals surface area contributed by atoms with Gasteiger partial charge in [-0.2, -0.15) is 0 Å². The quantitative estimate of drug-likeness (QED) is 0.598. The normalized spacial score (nSPS) is 52.6. The van der Waals surface area contributed by atoms with Crippen LogP contribution in [0.3, 0.4) is 0 Å². The molecule has 4 bridgehead atoms. The van der Waals surface area contributed by atoms with Crippen LogP contribution in [-0.4, -0.2) is 8.07 Å². The summed E-state index contributed by atoms with van der Waals surface area (Å²) in [5, 5.41) is 0. The minimum absolute atomic E-state index is 0.944. The molecule has 0 aromatic rings. The Hall–Kier alpha value is 0.217. The van der Waals surface area contributed by atoms with Crippen molar-refractivity contribution in [1.29, 1.82) is 0 Å². The van der Waals surface area contributed by atoms with Crippen molar-refractivity contribution in [3.63, 3.8) is 0 Å². The molecule has 96 valence electrons. The van der Waals surface area contributed by atoms with Gasteiger partial charge in [0.15, 0.2) is 0 Å². The van der Waals surface area contributed by atoms with Crippen LogP contribution in [0.25, 0.3) is 0 Å². The zero-order valence-electron chi connectivity index (χ0n) is 11.6. The lowest BCUT2D eigenvalue weighted by molar-refractivity contribution is 0.430. The fourth-order valence-electron chi connectivity index (χ4n) is 6.59. The fourth-order valence-corrected chi connectivity index (χ4v) is 12.1. The van der Waals surface area contributed by atoms with E-state index in [1.807, 2.05) is 0 Å². The van der Waals surface area contributed by atoms with Crippen LogP contribution in [0.4, 0.5) is 0 Å². The summed E-state index contributed by atoms with van der Waals surface area (Å²) in [6.45, 7) is 5.56. The summed E-state index contributed by atoms with van der Waals surface area (Å²) in [5.74, 6) is 4.69. The van der Waals surface area contributed by atoms with Crippen LogP contribution in [0, 0.1) is 23.7 Å². The molecule has 0 radical (unpaired) electrons. The molecule has 4 aliphatic rings. The molecule has 4 fully saturated rings. The van der Waals surface area contributed by atoms with E-state index in [2.05, 4.69) is 13.1 Å². The minimum Gasteiger partial charge on any atom is -0.0689 e. The SMILES string of the molecule is C[Si](C)(C1CC2CCC1C2)C1CC2CCC1C2. The summed E-state index contributed by atoms with van der Waals surface area (Å²) in [4.78, 5) is 0. The van der Waals surface area contributed by atoms with Crippen molar-refractivity contribution < 1.29 is 0 Å². The molecule has 0 saturated heterocycles. The van der Waals surface area contributed by atoms with Gasteiger partial charge in [-0.15, -0.1) is 0 Å². The first kappa shape index (κ1) is 11.1. The highest BCUT2D eigenvalue weighted by Gasteiger charge is 2.54. The van der Waals surface area contributed by atoms with Crippen molar-refractivity contribution >= 4 is 8.07 Å². The first-order chi connectivity index (χ1) is 8.14. The highest BCUT2D eigenvalue weighted by molar-refractivity contribution is 6.80. The Labute approximate surface area is 108 Å². The van der Waals surface area contributed by atoms with E-state index in [-0.39, 0.29) is 0 Å². The van der Waals surface area contributed by atoms with Gasteiger partial charge in [-0.3, -0.25) is 0 Å². The standard InChI is InChI=1S/C16H28Si/c1-17(2,15-9-11-3-5-13(15)7-11)16-10-12-4-6-14(16)8-12/h11-16H,3-10H2,1-2H3. The van der Waals surface area contributed by atoms with Gasteiger partial charge in [0.2, 0.25) is 0 Å². The Morgan fingerprint density at radius 2 is 1.12 bits per heavy atom. The minimum atomic E-state index is -0.944. The third kappa shape index (κ3) is 1.53. The van der Waals surface area contributed by atoms with Crippen molar-refractivity contribution in [2.75, 3.05) is 0 Å². The summed E-state index contributed by atoms with van der Waals surface area (Å²) >= 11 is 0. The lowest BCUT2D eigenvalue weighted by Gasteiger charge is -2.43. The first-order valence-corrected chi connectivity index (χ1v) is 11.3. The zero-order valence-corrected chi connectivity index (χ0v) is 12.6. The second kappa shape index (κ2) is 3.62. The molecule has 4 rings (SSSR count). The lowest BCUT2D eigenvalue weighted by Crippen LogP contribution is -2.42. The molecule has 0 aromatic carbocycles. The van der Waals surface area contributed by atoms with Crippen LogP contribution >= 0.6 is 0 Å². The summed E-state index contributed by atoms with van der Waals surface area (Å²) in [6, 6.07) is 0. The Morgan fingerprint density at radius 3 is 1.41 bits per heavy atom. The van der Waals surface area contributed by atoms with Gasteiger partial charge in [-0.1, -0.05) is 38.8 Å². The highest BCUT2D eigenvalue weighted by Crippen LogP contribution is 2.63. The molecule has 0 N–H and O–H groups in total. The van der Waals surface area contributed by atoms with E-state index in [0.29, 0.717) is 0 Å². The summed E-state index contributed by atoms with van der Waals surface area (Å²) in [7, 11) is -0.944. The van der Waals surface area contributed by atoms with Crippen LogP contribution in [-0.2, 0) is 0 Å². The molecule has 6 unspecified atom stereocenters. The second-order valence-corrected chi connectivity index (χ2v) is 13.5. The largest absolute Gasteiger partial charge is 0.0689 e. The second-order valence-electron chi connectivity index (χ2n) is 8.38. The molecule has 0 heterocycles. The van der Waals surface area contributed by atoms with Crippen LogP contribution in [0.1, 0.15) is 51.4 Å². The third-order valence-corrected chi connectivity index (χ3v) is 12.6. The maximum Gasteiger partial charge on any atom is 0.0541 e. The molecule has 4 aliphatic carbocycles. The van der Waals surface area contributed by atoms with Crippen molar-refractivity contribution in [2.45, 2.75) is 75.5 Å². The molecule has 0 aromatic heterocycles. The topological polar surface area (TPSA) is 0 Å². The maximum atomic E-state index is 2.78. The van der Waals surface area contributed by atoms with Gasteiger partial charge in [-0.05, 0) is 60.4 Å². The van der Waals surface area contributed by atoms with Crippen LogP contribution in [0.2, 0.25) is 24.2 Å². The van der Waals surface area contributed by atoms with Crippen LogP contribution in [0.5, 0.6) is 0 Å². The van der Waals surface area contributed by atoms with E-state index < -0.39 is 8.07 Å². The average Bonchev–Trinajstić information content (AvgIpc) is 3.07. The van der Waals surface area contributed by atoms with E-state index in [0.717, 1.165) is 11.8 Å². The molecular weight excluding hydrogens is 220 g/mol. The molecule has 6 atom stereocenters. The van der Waals surface area contributed by atoms with Gasteiger partial charge in [0.25, 0.3) is 0 Å². The van der Waals surface area contributed by atoms with Crippen molar-refractivity contribution in [2.24, 2.45) is 23.7 Å². The summed E-state index contributed by atoms with van der Waals surface area (Å²) in [5.41, 5.74) is 2.45. The van der Waals surface area contributed by atoms with Crippen molar-refractivity contribution in [3.8, 4) is 0 Å². The van der Waals surface area contributed by atoms with E-state index in [1.165, 1.54) is 22.9 Å². The smallest absolute Gasteiger partial charge is 0.0541 e.